The molecule has 6 nitrogen and oxygen atoms in total. The van der Waals surface area contributed by atoms with Gasteiger partial charge >= 0.3 is 0 Å². The number of nitrogens with zero attached hydrogens (tertiary/aromatic N) is 1. The number of halogens is 1. The average Bonchev–Trinajstić information content (AvgIpc) is 2.98. The Bertz CT molecular complexity index is 1350. The van der Waals surface area contributed by atoms with Gasteiger partial charge in [-0.1, -0.05) is 96.5 Å². The van der Waals surface area contributed by atoms with Gasteiger partial charge in [0, 0.05) is 19.5 Å². The van der Waals surface area contributed by atoms with Crippen LogP contribution in [-0.4, -0.2) is 36.5 Å². The molecule has 0 radical (unpaired) electrons. The molecule has 200 valence electrons. The summed E-state index contributed by atoms with van der Waals surface area (Å²) in [5, 5.41) is 3.44. The molecular weight excluding hydrogens is 512 g/mol. The third-order valence-corrected chi connectivity index (χ3v) is 6.59. The summed E-state index contributed by atoms with van der Waals surface area (Å²) in [6, 6.07) is 33.0. The molecular formula is C32H31ClN2O4. The van der Waals surface area contributed by atoms with Gasteiger partial charge in [0.05, 0.1) is 12.1 Å². The molecule has 2 amide bonds. The number of carbonyl (C=O) groups is 2. The molecule has 0 spiro atoms. The number of hydrogen-bond donors (Lipinski definition) is 1. The van der Waals surface area contributed by atoms with Crippen LogP contribution in [0.5, 0.6) is 11.5 Å². The average molecular weight is 543 g/mol. The van der Waals surface area contributed by atoms with Crippen LogP contribution in [0.25, 0.3) is 0 Å². The predicted octanol–water partition coefficient (Wildman–Crippen LogP) is 5.68. The SMILES string of the molecule is COc1ccc(CNC(=O)[C@H](Cc2ccccc2)N(Cc2ccccc2)C(=O)COc2ccccc2Cl)cc1. The number of hydrogen-bond acceptors (Lipinski definition) is 4. The van der Waals surface area contributed by atoms with Crippen molar-refractivity contribution in [3.05, 3.63) is 131 Å². The molecule has 39 heavy (non-hydrogen) atoms. The number of methoxy groups -OCH3 is 1. The Balaban J connectivity index is 1.59. The summed E-state index contributed by atoms with van der Waals surface area (Å²) in [6.45, 7) is 0.310. The molecule has 0 aliphatic heterocycles. The topological polar surface area (TPSA) is 67.9 Å². The standard InChI is InChI=1S/C32H31ClN2O4/c1-38-27-18-16-25(17-19-27)21-34-32(37)29(20-24-10-4-2-5-11-24)35(22-26-12-6-3-7-13-26)31(36)23-39-30-15-9-8-14-28(30)33/h2-19,29H,20-23H2,1H3,(H,34,37)/t29-/m0/s1. The highest BCUT2D eigenvalue weighted by atomic mass is 35.5. The largest absolute Gasteiger partial charge is 0.497 e. The van der Waals surface area contributed by atoms with Crippen LogP contribution in [0.3, 0.4) is 0 Å². The number of rotatable bonds is 12. The number of para-hydroxylation sites is 1. The molecule has 0 saturated heterocycles. The van der Waals surface area contributed by atoms with Crippen molar-refractivity contribution in [1.82, 2.24) is 10.2 Å². The first-order valence-corrected chi connectivity index (χ1v) is 13.1. The zero-order valence-corrected chi connectivity index (χ0v) is 22.5. The van der Waals surface area contributed by atoms with E-state index in [9.17, 15) is 9.59 Å². The number of benzene rings is 4. The second-order valence-corrected chi connectivity index (χ2v) is 9.40. The molecule has 0 heterocycles. The quantitative estimate of drug-likeness (QED) is 0.250. The predicted molar refractivity (Wildman–Crippen MR) is 153 cm³/mol. The molecule has 4 aromatic carbocycles. The van der Waals surface area contributed by atoms with Crippen molar-refractivity contribution in [2.45, 2.75) is 25.6 Å². The van der Waals surface area contributed by atoms with E-state index >= 15 is 0 Å². The van der Waals surface area contributed by atoms with Gasteiger partial charge in [-0.3, -0.25) is 9.59 Å². The molecule has 4 rings (SSSR count). The molecule has 0 unspecified atom stereocenters. The maximum absolute atomic E-state index is 13.7. The van der Waals surface area contributed by atoms with Gasteiger partial charge < -0.3 is 19.7 Å². The lowest BCUT2D eigenvalue weighted by Gasteiger charge is -2.31. The fraction of sp³-hybridized carbons (Fsp3) is 0.188. The van der Waals surface area contributed by atoms with Gasteiger partial charge in [0.25, 0.3) is 5.91 Å². The number of ether oxygens (including phenoxy) is 2. The van der Waals surface area contributed by atoms with E-state index in [0.717, 1.165) is 22.4 Å². The normalized spacial score (nSPS) is 11.3. The van der Waals surface area contributed by atoms with Gasteiger partial charge in [0.1, 0.15) is 17.5 Å². The van der Waals surface area contributed by atoms with E-state index < -0.39 is 6.04 Å². The minimum atomic E-state index is -0.770. The van der Waals surface area contributed by atoms with Crippen molar-refractivity contribution in [3.8, 4) is 11.5 Å². The molecule has 0 aliphatic carbocycles. The van der Waals surface area contributed by atoms with Crippen LogP contribution in [0.1, 0.15) is 16.7 Å². The number of nitrogens with one attached hydrogen (secondary N) is 1. The lowest BCUT2D eigenvalue weighted by Crippen LogP contribution is -2.51. The molecule has 1 N–H and O–H groups in total. The van der Waals surface area contributed by atoms with Crippen LogP contribution in [0.4, 0.5) is 0 Å². The van der Waals surface area contributed by atoms with E-state index in [4.69, 9.17) is 21.1 Å². The number of carbonyl (C=O) groups excluding carboxylic acids is 2. The van der Waals surface area contributed by atoms with Gasteiger partial charge in [0.15, 0.2) is 6.61 Å². The second-order valence-electron chi connectivity index (χ2n) is 9.00. The Hall–Kier alpha value is -4.29. The zero-order chi connectivity index (χ0) is 27.5. The van der Waals surface area contributed by atoms with Gasteiger partial charge in [-0.15, -0.1) is 0 Å². The van der Waals surface area contributed by atoms with Crippen molar-refractivity contribution in [3.63, 3.8) is 0 Å². The Morgan fingerprint density at radius 1 is 0.795 bits per heavy atom. The monoisotopic (exact) mass is 542 g/mol. The lowest BCUT2D eigenvalue weighted by atomic mass is 10.0. The third kappa shape index (κ3) is 8.09. The van der Waals surface area contributed by atoms with E-state index in [2.05, 4.69) is 5.32 Å². The molecule has 1 atom stereocenters. The highest BCUT2D eigenvalue weighted by Gasteiger charge is 2.30. The van der Waals surface area contributed by atoms with Crippen LogP contribution < -0.4 is 14.8 Å². The molecule has 0 aromatic heterocycles. The third-order valence-electron chi connectivity index (χ3n) is 6.28. The minimum absolute atomic E-state index is 0.249. The Kier molecular flexibility index (Phi) is 9.98. The smallest absolute Gasteiger partial charge is 0.261 e. The molecule has 0 aliphatic rings. The maximum Gasteiger partial charge on any atom is 0.261 e. The Morgan fingerprint density at radius 3 is 2.05 bits per heavy atom. The van der Waals surface area contributed by atoms with E-state index in [1.165, 1.54) is 0 Å². The summed E-state index contributed by atoms with van der Waals surface area (Å²) in [7, 11) is 1.61. The summed E-state index contributed by atoms with van der Waals surface area (Å²) in [6.07, 6.45) is 0.347. The van der Waals surface area contributed by atoms with Crippen molar-refractivity contribution in [2.75, 3.05) is 13.7 Å². The number of amides is 2. The molecule has 0 bridgehead atoms. The molecule has 7 heteroatoms. The molecule has 4 aromatic rings. The fourth-order valence-corrected chi connectivity index (χ4v) is 4.36. The van der Waals surface area contributed by atoms with Crippen LogP contribution in [0, 0.1) is 0 Å². The highest BCUT2D eigenvalue weighted by molar-refractivity contribution is 6.32. The van der Waals surface area contributed by atoms with Crippen LogP contribution in [0.2, 0.25) is 5.02 Å². The Morgan fingerprint density at radius 2 is 1.41 bits per heavy atom. The van der Waals surface area contributed by atoms with Crippen LogP contribution >= 0.6 is 11.6 Å². The van der Waals surface area contributed by atoms with Crippen molar-refractivity contribution in [1.29, 1.82) is 0 Å². The first-order chi connectivity index (χ1) is 19.0. The van der Waals surface area contributed by atoms with Crippen LogP contribution in [-0.2, 0) is 29.1 Å². The van der Waals surface area contributed by atoms with Gasteiger partial charge in [-0.05, 0) is 41.0 Å². The van der Waals surface area contributed by atoms with E-state index in [1.54, 1.807) is 36.3 Å². The minimum Gasteiger partial charge on any atom is -0.497 e. The lowest BCUT2D eigenvalue weighted by molar-refractivity contribution is -0.142. The zero-order valence-electron chi connectivity index (χ0n) is 21.8. The van der Waals surface area contributed by atoms with E-state index in [1.807, 2.05) is 84.9 Å². The second kappa shape index (κ2) is 14.0. The van der Waals surface area contributed by atoms with E-state index in [0.29, 0.717) is 23.7 Å². The van der Waals surface area contributed by atoms with Gasteiger partial charge in [-0.25, -0.2) is 0 Å². The van der Waals surface area contributed by atoms with Gasteiger partial charge in [-0.2, -0.15) is 0 Å². The fourth-order valence-electron chi connectivity index (χ4n) is 4.17. The van der Waals surface area contributed by atoms with Crippen LogP contribution in [0.15, 0.2) is 109 Å². The molecule has 0 saturated carbocycles. The summed E-state index contributed by atoms with van der Waals surface area (Å²) in [5.74, 6) is 0.580. The summed E-state index contributed by atoms with van der Waals surface area (Å²) >= 11 is 6.23. The summed E-state index contributed by atoms with van der Waals surface area (Å²) < 4.78 is 11.0. The van der Waals surface area contributed by atoms with Crippen molar-refractivity contribution >= 4 is 23.4 Å². The summed E-state index contributed by atoms with van der Waals surface area (Å²) in [5.41, 5.74) is 2.77. The summed E-state index contributed by atoms with van der Waals surface area (Å²) in [4.78, 5) is 29.0. The Labute approximate surface area is 234 Å². The first-order valence-electron chi connectivity index (χ1n) is 12.7. The first kappa shape index (κ1) is 27.7. The highest BCUT2D eigenvalue weighted by Crippen LogP contribution is 2.23. The van der Waals surface area contributed by atoms with Crippen molar-refractivity contribution in [2.24, 2.45) is 0 Å². The molecule has 0 fully saturated rings. The van der Waals surface area contributed by atoms with Gasteiger partial charge in [0.2, 0.25) is 5.91 Å². The van der Waals surface area contributed by atoms with Crippen molar-refractivity contribution < 1.29 is 19.1 Å². The maximum atomic E-state index is 13.7. The van der Waals surface area contributed by atoms with E-state index in [-0.39, 0.29) is 25.0 Å².